The van der Waals surface area contributed by atoms with Crippen molar-refractivity contribution in [3.05, 3.63) is 36.5 Å². The van der Waals surface area contributed by atoms with Crippen LogP contribution in [-0.2, 0) is 4.79 Å². The zero-order valence-corrected chi connectivity index (χ0v) is 15.3. The molecule has 0 heterocycles. The Labute approximate surface area is 151 Å². The summed E-state index contributed by atoms with van der Waals surface area (Å²) >= 11 is 0. The summed E-state index contributed by atoms with van der Waals surface area (Å²) in [5, 5.41) is 37.7. The summed E-state index contributed by atoms with van der Waals surface area (Å²) in [5.41, 5.74) is 0. The number of rotatable bonds is 15. The Hall–Kier alpha value is -1.43. The molecule has 0 saturated heterocycles. The largest absolute Gasteiger partial charge is 0.481 e. The van der Waals surface area contributed by atoms with Gasteiger partial charge < -0.3 is 20.4 Å². The fourth-order valence-electron chi connectivity index (χ4n) is 2.31. The van der Waals surface area contributed by atoms with Gasteiger partial charge in [-0.05, 0) is 32.1 Å². The van der Waals surface area contributed by atoms with E-state index in [4.69, 9.17) is 5.11 Å². The average molecular weight is 354 g/mol. The van der Waals surface area contributed by atoms with Gasteiger partial charge in [0.15, 0.2) is 0 Å². The van der Waals surface area contributed by atoms with Crippen LogP contribution < -0.4 is 0 Å². The molecule has 0 saturated carbocycles. The van der Waals surface area contributed by atoms with E-state index in [1.54, 1.807) is 12.2 Å². The van der Waals surface area contributed by atoms with Gasteiger partial charge in [0.2, 0.25) is 0 Å². The monoisotopic (exact) mass is 354 g/mol. The third-order valence-electron chi connectivity index (χ3n) is 3.87. The molecule has 144 valence electrons. The third kappa shape index (κ3) is 15.8. The molecule has 3 atom stereocenters. The summed E-state index contributed by atoms with van der Waals surface area (Å²) in [5.74, 6) is -0.902. The Morgan fingerprint density at radius 1 is 0.920 bits per heavy atom. The number of aliphatic carboxylic acids is 1. The van der Waals surface area contributed by atoms with Crippen molar-refractivity contribution in [3.63, 3.8) is 0 Å². The summed E-state index contributed by atoms with van der Waals surface area (Å²) < 4.78 is 0. The van der Waals surface area contributed by atoms with Crippen molar-refractivity contribution in [1.82, 2.24) is 0 Å². The number of carbonyl (C=O) groups is 1. The van der Waals surface area contributed by atoms with E-state index in [0.29, 0.717) is 6.42 Å². The van der Waals surface area contributed by atoms with E-state index in [1.807, 2.05) is 18.2 Å². The lowest BCUT2D eigenvalue weighted by Crippen LogP contribution is -2.23. The first kappa shape index (κ1) is 23.6. The Morgan fingerprint density at radius 2 is 1.64 bits per heavy atom. The Bertz CT molecular complexity index is 414. The minimum atomic E-state index is -0.999. The van der Waals surface area contributed by atoms with Crippen LogP contribution in [0.4, 0.5) is 0 Å². The van der Waals surface area contributed by atoms with Crippen molar-refractivity contribution >= 4 is 5.97 Å². The minimum absolute atomic E-state index is 0.00844. The topological polar surface area (TPSA) is 98.0 Å². The predicted molar refractivity (Wildman–Crippen MR) is 100 cm³/mol. The van der Waals surface area contributed by atoms with E-state index >= 15 is 0 Å². The Kier molecular flexibility index (Phi) is 15.1. The first-order valence-electron chi connectivity index (χ1n) is 9.23. The maximum Gasteiger partial charge on any atom is 0.303 e. The van der Waals surface area contributed by atoms with Crippen LogP contribution in [0, 0.1) is 0 Å². The van der Waals surface area contributed by atoms with Gasteiger partial charge in [0.25, 0.3) is 0 Å². The lowest BCUT2D eigenvalue weighted by atomic mass is 10.1. The molecule has 0 amide bonds. The molecule has 5 heteroatoms. The molecule has 4 N–H and O–H groups in total. The van der Waals surface area contributed by atoms with Crippen LogP contribution in [0.5, 0.6) is 0 Å². The van der Waals surface area contributed by atoms with Gasteiger partial charge in [-0.15, -0.1) is 0 Å². The van der Waals surface area contributed by atoms with E-state index in [-0.39, 0.29) is 18.9 Å². The standard InChI is InChI=1S/C20H34O5/c1-2-3-8-12-17(21)13-9-6-4-5-7-10-14-18(22)19(23)15-11-16-20(24)25/h4-7,10,14,17-19,21-23H,2-3,8-9,11-13,15-16H2,1H3,(H,24,25)/b6-4-,7-5+,14-10+/t17-,18+,19-/m0/s1. The van der Waals surface area contributed by atoms with Gasteiger partial charge in [-0.3, -0.25) is 4.79 Å². The van der Waals surface area contributed by atoms with Crippen LogP contribution in [0.2, 0.25) is 0 Å². The van der Waals surface area contributed by atoms with Gasteiger partial charge in [0, 0.05) is 6.42 Å². The molecule has 5 nitrogen and oxygen atoms in total. The SMILES string of the molecule is CCCCC[C@H](O)CC\C=C/C=C/C=C/[C@@H](O)[C@@H](O)CCCC(=O)O. The molecule has 0 aliphatic heterocycles. The number of allylic oxidation sites excluding steroid dienone is 5. The summed E-state index contributed by atoms with van der Waals surface area (Å²) in [4.78, 5) is 10.4. The molecule has 0 aromatic heterocycles. The van der Waals surface area contributed by atoms with Crippen molar-refractivity contribution in [1.29, 1.82) is 0 Å². The maximum atomic E-state index is 10.4. The zero-order chi connectivity index (χ0) is 18.9. The molecule has 0 aromatic rings. The normalized spacial score (nSPS) is 16.0. The predicted octanol–water partition coefficient (Wildman–Crippen LogP) is 3.35. The van der Waals surface area contributed by atoms with Crippen molar-refractivity contribution in [2.45, 2.75) is 83.0 Å². The summed E-state index contributed by atoms with van der Waals surface area (Å²) in [6.45, 7) is 2.15. The fourth-order valence-corrected chi connectivity index (χ4v) is 2.31. The van der Waals surface area contributed by atoms with Gasteiger partial charge in [0.05, 0.1) is 18.3 Å². The lowest BCUT2D eigenvalue weighted by Gasteiger charge is -2.13. The molecular formula is C20H34O5. The smallest absolute Gasteiger partial charge is 0.303 e. The summed E-state index contributed by atoms with van der Waals surface area (Å²) in [7, 11) is 0. The Morgan fingerprint density at radius 3 is 2.32 bits per heavy atom. The molecule has 0 spiro atoms. The molecule has 0 fully saturated rings. The molecule has 0 unspecified atom stereocenters. The molecule has 0 aliphatic carbocycles. The number of aliphatic hydroxyl groups excluding tert-OH is 3. The fraction of sp³-hybridized carbons (Fsp3) is 0.650. The van der Waals surface area contributed by atoms with E-state index in [9.17, 15) is 20.1 Å². The molecule has 25 heavy (non-hydrogen) atoms. The van der Waals surface area contributed by atoms with Crippen LogP contribution in [0.3, 0.4) is 0 Å². The van der Waals surface area contributed by atoms with E-state index in [0.717, 1.165) is 25.7 Å². The third-order valence-corrected chi connectivity index (χ3v) is 3.87. The first-order chi connectivity index (χ1) is 12.0. The highest BCUT2D eigenvalue weighted by Crippen LogP contribution is 2.09. The van der Waals surface area contributed by atoms with E-state index < -0.39 is 18.2 Å². The number of hydrogen-bond acceptors (Lipinski definition) is 4. The van der Waals surface area contributed by atoms with Gasteiger partial charge in [0.1, 0.15) is 0 Å². The second-order valence-corrected chi connectivity index (χ2v) is 6.27. The lowest BCUT2D eigenvalue weighted by molar-refractivity contribution is -0.137. The van der Waals surface area contributed by atoms with E-state index in [2.05, 4.69) is 6.92 Å². The van der Waals surface area contributed by atoms with E-state index in [1.165, 1.54) is 18.9 Å². The maximum absolute atomic E-state index is 10.4. The summed E-state index contributed by atoms with van der Waals surface area (Å²) in [6, 6.07) is 0. The number of unbranched alkanes of at least 4 members (excludes halogenated alkanes) is 2. The second-order valence-electron chi connectivity index (χ2n) is 6.27. The quantitative estimate of drug-likeness (QED) is 0.267. The van der Waals surface area contributed by atoms with Crippen LogP contribution >= 0.6 is 0 Å². The number of carboxylic acid groups (broad SMARTS) is 1. The number of hydrogen-bond donors (Lipinski definition) is 4. The number of carboxylic acids is 1. The van der Waals surface area contributed by atoms with Gasteiger partial charge in [-0.1, -0.05) is 62.6 Å². The van der Waals surface area contributed by atoms with Gasteiger partial charge in [-0.2, -0.15) is 0 Å². The minimum Gasteiger partial charge on any atom is -0.481 e. The highest BCUT2D eigenvalue weighted by atomic mass is 16.4. The zero-order valence-electron chi connectivity index (χ0n) is 15.3. The van der Waals surface area contributed by atoms with Crippen molar-refractivity contribution in [2.75, 3.05) is 0 Å². The number of aliphatic hydroxyl groups is 3. The molecule has 0 aliphatic rings. The van der Waals surface area contributed by atoms with Crippen LogP contribution in [-0.4, -0.2) is 44.7 Å². The summed E-state index contributed by atoms with van der Waals surface area (Å²) in [6.07, 6.45) is 14.9. The molecule has 0 radical (unpaired) electrons. The first-order valence-corrected chi connectivity index (χ1v) is 9.23. The van der Waals surface area contributed by atoms with Crippen molar-refractivity contribution in [2.24, 2.45) is 0 Å². The van der Waals surface area contributed by atoms with Crippen LogP contribution in [0.15, 0.2) is 36.5 Å². The highest BCUT2D eigenvalue weighted by Gasteiger charge is 2.12. The van der Waals surface area contributed by atoms with Gasteiger partial charge >= 0.3 is 5.97 Å². The molecule has 0 rings (SSSR count). The highest BCUT2D eigenvalue weighted by molar-refractivity contribution is 5.66. The van der Waals surface area contributed by atoms with Crippen molar-refractivity contribution in [3.8, 4) is 0 Å². The molecule has 0 bridgehead atoms. The average Bonchev–Trinajstić information content (AvgIpc) is 2.56. The molecular weight excluding hydrogens is 320 g/mol. The van der Waals surface area contributed by atoms with Crippen LogP contribution in [0.25, 0.3) is 0 Å². The van der Waals surface area contributed by atoms with Crippen LogP contribution in [0.1, 0.15) is 64.7 Å². The second kappa shape index (κ2) is 16.1. The molecule has 0 aromatic carbocycles. The van der Waals surface area contributed by atoms with Gasteiger partial charge in [-0.25, -0.2) is 0 Å². The Balaban J connectivity index is 3.83. The van der Waals surface area contributed by atoms with Crippen molar-refractivity contribution < 1.29 is 25.2 Å².